The third-order valence-electron chi connectivity index (χ3n) is 3.86. The number of hydrogen-bond acceptors (Lipinski definition) is 3. The molecule has 0 spiro atoms. The van der Waals surface area contributed by atoms with Crippen molar-refractivity contribution in [3.63, 3.8) is 0 Å². The molecule has 0 unspecified atom stereocenters. The fraction of sp³-hybridized carbons (Fsp3) is 0.533. The number of rotatable bonds is 5. The maximum atomic E-state index is 10.9. The molecule has 0 aliphatic heterocycles. The highest BCUT2D eigenvalue weighted by Crippen LogP contribution is 2.24. The Morgan fingerprint density at radius 1 is 1.30 bits per heavy atom. The number of benzene rings is 1. The molecule has 4 nitrogen and oxygen atoms in total. The summed E-state index contributed by atoms with van der Waals surface area (Å²) in [5, 5.41) is 21.8. The second-order valence-corrected chi connectivity index (χ2v) is 6.27. The minimum Gasteiger partial charge on any atom is -0.478 e. The fourth-order valence-corrected chi connectivity index (χ4v) is 3.10. The number of aliphatic hydroxyl groups is 1. The van der Waals surface area contributed by atoms with Crippen molar-refractivity contribution in [1.82, 2.24) is 5.32 Å². The van der Waals surface area contributed by atoms with Gasteiger partial charge in [-0.25, -0.2) is 4.79 Å². The van der Waals surface area contributed by atoms with Crippen LogP contribution in [0.4, 0.5) is 0 Å². The molecule has 0 radical (unpaired) electrons. The van der Waals surface area contributed by atoms with E-state index >= 15 is 0 Å². The van der Waals surface area contributed by atoms with Crippen molar-refractivity contribution in [3.05, 3.63) is 33.8 Å². The molecule has 1 saturated carbocycles. The standard InChI is InChI=1S/C15H20BrNO3/c16-14-7-11(15(19)20)3-4-12(14)9-17-8-10-1-5-13(18)6-2-10/h3-4,7,10,13,17-18H,1-2,5-6,8-9H2,(H,19,20). The Morgan fingerprint density at radius 2 is 2.00 bits per heavy atom. The molecule has 1 aromatic rings. The number of carboxylic acid groups (broad SMARTS) is 1. The Morgan fingerprint density at radius 3 is 2.60 bits per heavy atom. The second kappa shape index (κ2) is 7.20. The van der Waals surface area contributed by atoms with Gasteiger partial charge < -0.3 is 15.5 Å². The highest BCUT2D eigenvalue weighted by atomic mass is 79.9. The fourth-order valence-electron chi connectivity index (χ4n) is 2.58. The summed E-state index contributed by atoms with van der Waals surface area (Å²) in [6.07, 6.45) is 3.86. The van der Waals surface area contributed by atoms with Crippen molar-refractivity contribution < 1.29 is 15.0 Å². The van der Waals surface area contributed by atoms with Crippen LogP contribution in [0.5, 0.6) is 0 Å². The number of aromatic carboxylic acids is 1. The molecular weight excluding hydrogens is 322 g/mol. The Hall–Kier alpha value is -0.910. The normalized spacial score (nSPS) is 22.7. The number of carboxylic acids is 1. The lowest BCUT2D eigenvalue weighted by Gasteiger charge is -2.25. The predicted octanol–water partition coefficient (Wildman–Crippen LogP) is 2.79. The molecule has 0 aromatic heterocycles. The molecule has 0 saturated heterocycles. The van der Waals surface area contributed by atoms with E-state index in [1.807, 2.05) is 6.07 Å². The predicted molar refractivity (Wildman–Crippen MR) is 80.8 cm³/mol. The van der Waals surface area contributed by atoms with Crippen molar-refractivity contribution >= 4 is 21.9 Å². The summed E-state index contributed by atoms with van der Waals surface area (Å²) in [7, 11) is 0. The van der Waals surface area contributed by atoms with Gasteiger partial charge in [0.15, 0.2) is 0 Å². The zero-order chi connectivity index (χ0) is 14.5. The quantitative estimate of drug-likeness (QED) is 0.770. The van der Waals surface area contributed by atoms with Crippen molar-refractivity contribution in [2.45, 2.75) is 38.3 Å². The summed E-state index contributed by atoms with van der Waals surface area (Å²) in [4.78, 5) is 10.9. The number of hydrogen-bond donors (Lipinski definition) is 3. The molecule has 1 aromatic carbocycles. The lowest BCUT2D eigenvalue weighted by atomic mass is 9.87. The average molecular weight is 342 g/mol. The minimum atomic E-state index is -0.911. The van der Waals surface area contributed by atoms with Crippen LogP contribution >= 0.6 is 15.9 Å². The van der Waals surface area contributed by atoms with Gasteiger partial charge in [0.05, 0.1) is 11.7 Å². The third kappa shape index (κ3) is 4.30. The molecule has 0 atom stereocenters. The van der Waals surface area contributed by atoms with E-state index in [9.17, 15) is 9.90 Å². The maximum absolute atomic E-state index is 10.9. The first-order valence-corrected chi connectivity index (χ1v) is 7.76. The number of nitrogens with one attached hydrogen (secondary N) is 1. The van der Waals surface area contributed by atoms with Crippen molar-refractivity contribution in [2.24, 2.45) is 5.92 Å². The van der Waals surface area contributed by atoms with E-state index in [1.165, 1.54) is 0 Å². The van der Waals surface area contributed by atoms with Crippen LogP contribution in [0.25, 0.3) is 0 Å². The van der Waals surface area contributed by atoms with Crippen molar-refractivity contribution in [1.29, 1.82) is 0 Å². The highest BCUT2D eigenvalue weighted by Gasteiger charge is 2.18. The number of aliphatic hydroxyl groups excluding tert-OH is 1. The summed E-state index contributed by atoms with van der Waals surface area (Å²) in [5.41, 5.74) is 1.35. The van der Waals surface area contributed by atoms with Gasteiger partial charge >= 0.3 is 5.97 Å². The van der Waals surface area contributed by atoms with Crippen LogP contribution in [0.3, 0.4) is 0 Å². The molecule has 3 N–H and O–H groups in total. The zero-order valence-electron chi connectivity index (χ0n) is 11.3. The first kappa shape index (κ1) is 15.5. The first-order chi connectivity index (χ1) is 9.56. The second-order valence-electron chi connectivity index (χ2n) is 5.42. The lowest BCUT2D eigenvalue weighted by Crippen LogP contribution is -2.27. The molecule has 20 heavy (non-hydrogen) atoms. The molecular formula is C15H20BrNO3. The van der Waals surface area contributed by atoms with E-state index in [1.54, 1.807) is 12.1 Å². The van der Waals surface area contributed by atoms with Crippen molar-refractivity contribution in [2.75, 3.05) is 6.54 Å². The Labute approximate surface area is 127 Å². The maximum Gasteiger partial charge on any atom is 0.335 e. The Bertz CT molecular complexity index is 470. The summed E-state index contributed by atoms with van der Waals surface area (Å²) >= 11 is 3.41. The number of carbonyl (C=O) groups is 1. The van der Waals surface area contributed by atoms with Crippen LogP contribution in [-0.4, -0.2) is 28.8 Å². The molecule has 1 fully saturated rings. The van der Waals surface area contributed by atoms with Crippen LogP contribution in [0.1, 0.15) is 41.6 Å². The molecule has 0 heterocycles. The Balaban J connectivity index is 1.81. The molecule has 0 amide bonds. The van der Waals surface area contributed by atoms with Gasteiger partial charge in [0.1, 0.15) is 0 Å². The molecule has 2 rings (SSSR count). The van der Waals surface area contributed by atoms with E-state index in [4.69, 9.17) is 5.11 Å². The van der Waals surface area contributed by atoms with Gasteiger partial charge in [-0.3, -0.25) is 0 Å². The highest BCUT2D eigenvalue weighted by molar-refractivity contribution is 9.10. The molecule has 1 aliphatic carbocycles. The van der Waals surface area contributed by atoms with Crippen molar-refractivity contribution in [3.8, 4) is 0 Å². The average Bonchev–Trinajstić information content (AvgIpc) is 2.42. The van der Waals surface area contributed by atoms with E-state index in [0.717, 1.165) is 48.8 Å². The molecule has 110 valence electrons. The van der Waals surface area contributed by atoms with E-state index in [2.05, 4.69) is 21.2 Å². The topological polar surface area (TPSA) is 69.6 Å². The zero-order valence-corrected chi connectivity index (χ0v) is 12.9. The van der Waals surface area contributed by atoms with E-state index in [0.29, 0.717) is 11.5 Å². The third-order valence-corrected chi connectivity index (χ3v) is 4.60. The van der Waals surface area contributed by atoms with Gasteiger partial charge in [0.2, 0.25) is 0 Å². The lowest BCUT2D eigenvalue weighted by molar-refractivity contribution is 0.0696. The van der Waals surface area contributed by atoms with Gasteiger partial charge in [0, 0.05) is 11.0 Å². The van der Waals surface area contributed by atoms with Crippen LogP contribution in [0.15, 0.2) is 22.7 Å². The van der Waals surface area contributed by atoms with Gasteiger partial charge in [-0.1, -0.05) is 22.0 Å². The monoisotopic (exact) mass is 341 g/mol. The summed E-state index contributed by atoms with van der Waals surface area (Å²) in [5.74, 6) is -0.276. The van der Waals surface area contributed by atoms with Gasteiger partial charge in [-0.15, -0.1) is 0 Å². The van der Waals surface area contributed by atoms with Gasteiger partial charge in [-0.05, 0) is 55.8 Å². The van der Waals surface area contributed by atoms with E-state index in [-0.39, 0.29) is 6.10 Å². The van der Waals surface area contributed by atoms with Gasteiger partial charge in [0.25, 0.3) is 0 Å². The smallest absolute Gasteiger partial charge is 0.335 e. The van der Waals surface area contributed by atoms with Crippen LogP contribution in [-0.2, 0) is 6.54 Å². The first-order valence-electron chi connectivity index (χ1n) is 6.96. The van der Waals surface area contributed by atoms with Crippen LogP contribution < -0.4 is 5.32 Å². The number of halogens is 1. The minimum absolute atomic E-state index is 0.107. The van der Waals surface area contributed by atoms with Gasteiger partial charge in [-0.2, -0.15) is 0 Å². The summed E-state index contributed by atoms with van der Waals surface area (Å²) in [6, 6.07) is 5.10. The SMILES string of the molecule is O=C(O)c1ccc(CNCC2CCC(O)CC2)c(Br)c1. The van der Waals surface area contributed by atoms with E-state index < -0.39 is 5.97 Å². The molecule has 0 bridgehead atoms. The largest absolute Gasteiger partial charge is 0.478 e. The van der Waals surface area contributed by atoms with Crippen LogP contribution in [0.2, 0.25) is 0 Å². The Kier molecular flexibility index (Phi) is 5.57. The molecule has 5 heteroatoms. The van der Waals surface area contributed by atoms with Crippen LogP contribution in [0, 0.1) is 5.92 Å². The summed E-state index contributed by atoms with van der Waals surface area (Å²) in [6.45, 7) is 1.67. The summed E-state index contributed by atoms with van der Waals surface area (Å²) < 4.78 is 0.823. The molecule has 1 aliphatic rings.